The molecule has 1 aliphatic heterocycles. The van der Waals surface area contributed by atoms with Crippen molar-refractivity contribution in [2.45, 2.75) is 18.0 Å². The van der Waals surface area contributed by atoms with E-state index in [9.17, 15) is 14.1 Å². The molecular weight excluding hydrogens is 278 g/mol. The Bertz CT molecular complexity index is 757. The average Bonchev–Trinajstić information content (AvgIpc) is 2.77. The van der Waals surface area contributed by atoms with Crippen molar-refractivity contribution in [3.8, 4) is 5.75 Å². The van der Waals surface area contributed by atoms with Crippen LogP contribution in [0.3, 0.4) is 0 Å². The van der Waals surface area contributed by atoms with Gasteiger partial charge in [0.15, 0.2) is 5.75 Å². The Morgan fingerprint density at radius 3 is 2.90 bits per heavy atom. The molecule has 0 saturated carbocycles. The number of rotatable bonds is 2. The highest BCUT2D eigenvalue weighted by atomic mass is 32.2. The molecule has 0 bridgehead atoms. The van der Waals surface area contributed by atoms with E-state index in [4.69, 9.17) is 0 Å². The minimum atomic E-state index is -1.24. The molecule has 0 radical (unpaired) electrons. The van der Waals surface area contributed by atoms with Crippen LogP contribution in [0, 0.1) is 0 Å². The predicted octanol–water partition coefficient (Wildman–Crippen LogP) is 0.524. The van der Waals surface area contributed by atoms with E-state index in [1.807, 2.05) is 24.3 Å². The largest absolute Gasteiger partial charge is 0.502 e. The maximum Gasteiger partial charge on any atom is 0.295 e. The van der Waals surface area contributed by atoms with Gasteiger partial charge in [0.05, 0.1) is 17.6 Å². The Labute approximate surface area is 117 Å². The Kier molecular flexibility index (Phi) is 3.15. The number of fused-ring (bicyclic) bond motifs is 1. The van der Waals surface area contributed by atoms with Crippen molar-refractivity contribution in [1.82, 2.24) is 13.9 Å². The Hall–Kier alpha value is -1.99. The van der Waals surface area contributed by atoms with Gasteiger partial charge in [-0.25, -0.2) is 13.5 Å². The monoisotopic (exact) mass is 291 g/mol. The van der Waals surface area contributed by atoms with E-state index in [2.05, 4.69) is 4.98 Å². The summed E-state index contributed by atoms with van der Waals surface area (Å²) in [7, 11) is 0.297. The van der Waals surface area contributed by atoms with Crippen LogP contribution in [0.15, 0.2) is 40.2 Å². The van der Waals surface area contributed by atoms with Crippen molar-refractivity contribution in [2.75, 3.05) is 0 Å². The van der Waals surface area contributed by atoms with Crippen LogP contribution in [0.2, 0.25) is 0 Å². The van der Waals surface area contributed by atoms with Crippen molar-refractivity contribution in [3.63, 3.8) is 0 Å². The number of aromatic hydroxyl groups is 1. The van der Waals surface area contributed by atoms with E-state index in [0.717, 1.165) is 16.7 Å². The van der Waals surface area contributed by atoms with Gasteiger partial charge in [-0.1, -0.05) is 18.2 Å². The minimum Gasteiger partial charge on any atom is -0.502 e. The second kappa shape index (κ2) is 4.84. The molecule has 2 heterocycles. The van der Waals surface area contributed by atoms with Crippen LogP contribution < -0.4 is 5.56 Å². The second-order valence-corrected chi connectivity index (χ2v) is 6.03. The lowest BCUT2D eigenvalue weighted by Crippen LogP contribution is -2.27. The molecule has 1 N–H and O–H groups in total. The SMILES string of the molecule is Cn1c(CN2Cc3ccccc3S2=O)ncc(O)c1=O. The topological polar surface area (TPSA) is 75.4 Å². The highest BCUT2D eigenvalue weighted by Crippen LogP contribution is 2.27. The summed E-state index contributed by atoms with van der Waals surface area (Å²) in [5.41, 5.74) is 0.520. The number of hydrogen-bond donors (Lipinski definition) is 1. The third kappa shape index (κ3) is 2.04. The van der Waals surface area contributed by atoms with E-state index in [0.29, 0.717) is 12.4 Å². The van der Waals surface area contributed by atoms with Crippen LogP contribution in [0.1, 0.15) is 11.4 Å². The number of benzene rings is 1. The summed E-state index contributed by atoms with van der Waals surface area (Å²) in [4.78, 5) is 16.5. The summed E-state index contributed by atoms with van der Waals surface area (Å²) in [6.07, 6.45) is 1.13. The zero-order valence-electron chi connectivity index (χ0n) is 10.8. The Balaban J connectivity index is 1.90. The number of nitrogens with zero attached hydrogens (tertiary/aromatic N) is 3. The molecule has 7 heteroatoms. The van der Waals surface area contributed by atoms with Gasteiger partial charge in [-0.2, -0.15) is 0 Å². The highest BCUT2D eigenvalue weighted by molar-refractivity contribution is 7.83. The van der Waals surface area contributed by atoms with E-state index in [1.54, 1.807) is 4.31 Å². The first-order valence-corrected chi connectivity index (χ1v) is 7.17. The molecule has 1 aliphatic rings. The normalized spacial score (nSPS) is 18.1. The van der Waals surface area contributed by atoms with Gasteiger partial charge in [0.25, 0.3) is 5.56 Å². The smallest absolute Gasteiger partial charge is 0.295 e. The zero-order chi connectivity index (χ0) is 14.3. The van der Waals surface area contributed by atoms with Crippen molar-refractivity contribution < 1.29 is 9.32 Å². The van der Waals surface area contributed by atoms with Gasteiger partial charge in [0.2, 0.25) is 0 Å². The quantitative estimate of drug-likeness (QED) is 0.875. The number of hydrogen-bond acceptors (Lipinski definition) is 4. The van der Waals surface area contributed by atoms with Crippen molar-refractivity contribution >= 4 is 11.0 Å². The lowest BCUT2D eigenvalue weighted by molar-refractivity contribution is 0.415. The molecule has 0 amide bonds. The van der Waals surface area contributed by atoms with Crippen LogP contribution >= 0.6 is 0 Å². The molecule has 0 spiro atoms. The van der Waals surface area contributed by atoms with E-state index < -0.39 is 16.5 Å². The molecule has 6 nitrogen and oxygen atoms in total. The first kappa shape index (κ1) is 13.0. The van der Waals surface area contributed by atoms with Crippen LogP contribution in [-0.4, -0.2) is 23.2 Å². The van der Waals surface area contributed by atoms with Crippen molar-refractivity contribution in [1.29, 1.82) is 0 Å². The highest BCUT2D eigenvalue weighted by Gasteiger charge is 2.27. The van der Waals surface area contributed by atoms with Gasteiger partial charge in [-0.05, 0) is 11.6 Å². The summed E-state index contributed by atoms with van der Waals surface area (Å²) in [5.74, 6) is 0.0797. The molecule has 1 atom stereocenters. The van der Waals surface area contributed by atoms with Gasteiger partial charge < -0.3 is 5.11 Å². The molecule has 1 aromatic carbocycles. The van der Waals surface area contributed by atoms with Gasteiger partial charge in [0.1, 0.15) is 16.8 Å². The Morgan fingerprint density at radius 2 is 2.15 bits per heavy atom. The first-order chi connectivity index (χ1) is 9.58. The summed E-state index contributed by atoms with van der Waals surface area (Å²) in [5, 5.41) is 9.31. The standard InChI is InChI=1S/C13H13N3O3S/c1-15-12(14-6-10(17)13(15)18)8-16-7-9-4-2-3-5-11(9)20(16)19/h2-6,17H,7-8H2,1H3. The van der Waals surface area contributed by atoms with Gasteiger partial charge in [-0.15, -0.1) is 0 Å². The van der Waals surface area contributed by atoms with Crippen molar-refractivity contribution in [3.05, 3.63) is 52.2 Å². The van der Waals surface area contributed by atoms with E-state index >= 15 is 0 Å². The first-order valence-electron chi connectivity index (χ1n) is 6.06. The van der Waals surface area contributed by atoms with Crippen molar-refractivity contribution in [2.24, 2.45) is 7.05 Å². The maximum absolute atomic E-state index is 12.3. The molecule has 20 heavy (non-hydrogen) atoms. The third-order valence-electron chi connectivity index (χ3n) is 3.31. The molecule has 3 rings (SSSR count). The zero-order valence-corrected chi connectivity index (χ0v) is 11.6. The van der Waals surface area contributed by atoms with Gasteiger partial charge in [0, 0.05) is 13.6 Å². The van der Waals surface area contributed by atoms with Crippen LogP contribution in [0.5, 0.6) is 5.75 Å². The van der Waals surface area contributed by atoms with Crippen LogP contribution in [0.25, 0.3) is 0 Å². The summed E-state index contributed by atoms with van der Waals surface area (Å²) in [6, 6.07) is 7.55. The summed E-state index contributed by atoms with van der Waals surface area (Å²) in [6.45, 7) is 0.840. The lowest BCUT2D eigenvalue weighted by Gasteiger charge is -2.14. The fourth-order valence-corrected chi connectivity index (χ4v) is 3.50. The predicted molar refractivity (Wildman–Crippen MR) is 73.2 cm³/mol. The maximum atomic E-state index is 12.3. The van der Waals surface area contributed by atoms with E-state index in [1.165, 1.54) is 11.6 Å². The molecular formula is C13H13N3O3S. The fraction of sp³-hybridized carbons (Fsp3) is 0.231. The molecule has 0 aliphatic carbocycles. The fourth-order valence-electron chi connectivity index (χ4n) is 2.18. The molecule has 2 aromatic rings. The molecule has 1 aromatic heterocycles. The second-order valence-electron chi connectivity index (χ2n) is 4.58. The van der Waals surface area contributed by atoms with Crippen LogP contribution in [-0.2, 0) is 31.1 Å². The summed E-state index contributed by atoms with van der Waals surface area (Å²) >= 11 is 0. The number of aromatic nitrogens is 2. The lowest BCUT2D eigenvalue weighted by atomic mass is 10.2. The summed E-state index contributed by atoms with van der Waals surface area (Å²) < 4.78 is 15.3. The van der Waals surface area contributed by atoms with E-state index in [-0.39, 0.29) is 12.3 Å². The minimum absolute atomic E-state index is 0.285. The molecule has 104 valence electrons. The molecule has 0 fully saturated rings. The van der Waals surface area contributed by atoms with Gasteiger partial charge in [-0.3, -0.25) is 9.36 Å². The molecule has 1 unspecified atom stereocenters. The van der Waals surface area contributed by atoms with Crippen LogP contribution in [0.4, 0.5) is 0 Å². The average molecular weight is 291 g/mol. The molecule has 0 saturated heterocycles. The Morgan fingerprint density at radius 1 is 1.40 bits per heavy atom. The van der Waals surface area contributed by atoms with Gasteiger partial charge >= 0.3 is 0 Å². The third-order valence-corrected chi connectivity index (χ3v) is 4.81.